The molecule has 4 nitrogen and oxygen atoms in total. The Morgan fingerprint density at radius 1 is 1.11 bits per heavy atom. The summed E-state index contributed by atoms with van der Waals surface area (Å²) in [7, 11) is 3.57. The lowest BCUT2D eigenvalue weighted by Gasteiger charge is -2.08. The fraction of sp³-hybridized carbons (Fsp3) is 0.214. The second kappa shape index (κ2) is 4.42. The molecular weight excluding hydrogens is 308 g/mol. The molecule has 3 rings (SSSR count). The molecule has 0 amide bonds. The van der Waals surface area contributed by atoms with Gasteiger partial charge in [0.25, 0.3) is 0 Å². The van der Waals surface area contributed by atoms with Gasteiger partial charge in [-0.1, -0.05) is 22.0 Å². The Morgan fingerprint density at radius 2 is 1.84 bits per heavy atom. The number of hydrogen-bond acceptors (Lipinski definition) is 2. The Bertz CT molecular complexity index is 784. The predicted molar refractivity (Wildman–Crippen MR) is 77.6 cm³/mol. The molecule has 1 aromatic carbocycles. The maximum absolute atomic E-state index is 11.9. The van der Waals surface area contributed by atoms with Crippen LogP contribution in [0.4, 0.5) is 0 Å². The molecule has 0 saturated carbocycles. The molecular formula is C14H13BrN2O2. The molecule has 5 heteroatoms. The predicted octanol–water partition coefficient (Wildman–Crippen LogP) is 2.95. The molecule has 2 heterocycles. The van der Waals surface area contributed by atoms with E-state index < -0.39 is 0 Å². The number of fused-ring (bicyclic) bond motifs is 1. The molecule has 1 unspecified atom stereocenters. The summed E-state index contributed by atoms with van der Waals surface area (Å²) >= 11 is 3.65. The average molecular weight is 321 g/mol. The van der Waals surface area contributed by atoms with Crippen molar-refractivity contribution in [3.8, 4) is 0 Å². The van der Waals surface area contributed by atoms with Crippen molar-refractivity contribution in [2.45, 2.75) is 4.83 Å². The van der Waals surface area contributed by atoms with Gasteiger partial charge < -0.3 is 4.42 Å². The highest BCUT2D eigenvalue weighted by Gasteiger charge is 2.14. The largest absolute Gasteiger partial charge is 0.472 e. The van der Waals surface area contributed by atoms with E-state index >= 15 is 0 Å². The topological polar surface area (TPSA) is 40.1 Å². The third-order valence-corrected chi connectivity index (χ3v) is 4.48. The SMILES string of the molecule is Cn1c(=O)n(C)c2cc(C(Br)c3ccoc3)ccc21. The highest BCUT2D eigenvalue weighted by molar-refractivity contribution is 9.09. The van der Waals surface area contributed by atoms with Crippen LogP contribution in [0, 0.1) is 0 Å². The van der Waals surface area contributed by atoms with Gasteiger partial charge in [0.05, 0.1) is 28.4 Å². The average Bonchev–Trinajstić information content (AvgIpc) is 3.03. The molecule has 0 aliphatic rings. The van der Waals surface area contributed by atoms with Gasteiger partial charge in [-0.3, -0.25) is 9.13 Å². The zero-order valence-corrected chi connectivity index (χ0v) is 12.2. The highest BCUT2D eigenvalue weighted by atomic mass is 79.9. The molecule has 0 fully saturated rings. The van der Waals surface area contributed by atoms with Gasteiger partial charge in [-0.05, 0) is 23.8 Å². The van der Waals surface area contributed by atoms with E-state index in [-0.39, 0.29) is 10.5 Å². The number of alkyl halides is 1. The van der Waals surface area contributed by atoms with Gasteiger partial charge in [0.2, 0.25) is 0 Å². The third kappa shape index (κ3) is 1.85. The molecule has 0 saturated heterocycles. The van der Waals surface area contributed by atoms with Crippen molar-refractivity contribution >= 4 is 27.0 Å². The minimum atomic E-state index is -0.0124. The first-order chi connectivity index (χ1) is 9.09. The summed E-state index contributed by atoms with van der Waals surface area (Å²) in [6.07, 6.45) is 3.37. The minimum Gasteiger partial charge on any atom is -0.472 e. The molecule has 3 aromatic rings. The monoisotopic (exact) mass is 320 g/mol. The van der Waals surface area contributed by atoms with E-state index in [1.807, 2.05) is 24.3 Å². The fourth-order valence-electron chi connectivity index (χ4n) is 2.29. The maximum Gasteiger partial charge on any atom is 0.328 e. The van der Waals surface area contributed by atoms with Gasteiger partial charge in [0, 0.05) is 19.7 Å². The number of aromatic nitrogens is 2. The van der Waals surface area contributed by atoms with Gasteiger partial charge in [0.15, 0.2) is 0 Å². The Balaban J connectivity index is 2.17. The summed E-state index contributed by atoms with van der Waals surface area (Å²) in [6.45, 7) is 0. The zero-order valence-electron chi connectivity index (χ0n) is 10.6. The van der Waals surface area contributed by atoms with Gasteiger partial charge >= 0.3 is 5.69 Å². The second-order valence-corrected chi connectivity index (χ2v) is 5.48. The molecule has 0 N–H and O–H groups in total. The lowest BCUT2D eigenvalue weighted by Crippen LogP contribution is -2.19. The first kappa shape index (κ1) is 12.3. The van der Waals surface area contributed by atoms with E-state index in [0.29, 0.717) is 0 Å². The Kier molecular flexibility index (Phi) is 2.86. The van der Waals surface area contributed by atoms with E-state index in [9.17, 15) is 4.79 Å². The van der Waals surface area contributed by atoms with Crippen molar-refractivity contribution < 1.29 is 4.42 Å². The van der Waals surface area contributed by atoms with Crippen LogP contribution >= 0.6 is 15.9 Å². The van der Waals surface area contributed by atoms with Gasteiger partial charge in [-0.25, -0.2) is 4.79 Å². The number of benzene rings is 1. The quantitative estimate of drug-likeness (QED) is 0.681. The summed E-state index contributed by atoms with van der Waals surface area (Å²) in [5.74, 6) is 0. The van der Waals surface area contributed by atoms with Crippen LogP contribution in [-0.4, -0.2) is 9.13 Å². The van der Waals surface area contributed by atoms with Crippen LogP contribution in [0.5, 0.6) is 0 Å². The van der Waals surface area contributed by atoms with E-state index in [2.05, 4.69) is 15.9 Å². The van der Waals surface area contributed by atoms with Crippen molar-refractivity contribution in [3.63, 3.8) is 0 Å². The number of rotatable bonds is 2. The van der Waals surface area contributed by atoms with Crippen molar-refractivity contribution in [1.82, 2.24) is 9.13 Å². The zero-order chi connectivity index (χ0) is 13.6. The van der Waals surface area contributed by atoms with Crippen LogP contribution in [-0.2, 0) is 14.1 Å². The lowest BCUT2D eigenvalue weighted by molar-refractivity contribution is 0.564. The number of halogens is 1. The molecule has 0 radical (unpaired) electrons. The van der Waals surface area contributed by atoms with E-state index in [0.717, 1.165) is 22.2 Å². The van der Waals surface area contributed by atoms with Gasteiger partial charge in [-0.15, -0.1) is 0 Å². The molecule has 0 spiro atoms. The Morgan fingerprint density at radius 3 is 2.53 bits per heavy atom. The number of nitrogens with zero attached hydrogens (tertiary/aromatic N) is 2. The maximum atomic E-state index is 11.9. The van der Waals surface area contributed by atoms with Crippen LogP contribution < -0.4 is 5.69 Å². The third-order valence-electron chi connectivity index (χ3n) is 3.42. The van der Waals surface area contributed by atoms with Crippen LogP contribution in [0.2, 0.25) is 0 Å². The van der Waals surface area contributed by atoms with Crippen LogP contribution in [0.1, 0.15) is 16.0 Å². The summed E-state index contributed by atoms with van der Waals surface area (Å²) < 4.78 is 8.42. The fourth-order valence-corrected chi connectivity index (χ4v) is 2.84. The summed E-state index contributed by atoms with van der Waals surface area (Å²) in [4.78, 5) is 12.0. The number of hydrogen-bond donors (Lipinski definition) is 0. The molecule has 0 aliphatic heterocycles. The van der Waals surface area contributed by atoms with Crippen molar-refractivity contribution in [2.24, 2.45) is 14.1 Å². The number of aryl methyl sites for hydroxylation is 2. The van der Waals surface area contributed by atoms with Crippen LogP contribution in [0.25, 0.3) is 11.0 Å². The summed E-state index contributed by atoms with van der Waals surface area (Å²) in [5.41, 5.74) is 4.00. The number of imidazole rings is 1. The van der Waals surface area contributed by atoms with E-state index in [1.54, 1.807) is 35.8 Å². The highest BCUT2D eigenvalue weighted by Crippen LogP contribution is 2.32. The van der Waals surface area contributed by atoms with Crippen molar-refractivity contribution in [3.05, 3.63) is 58.4 Å². The van der Waals surface area contributed by atoms with E-state index in [1.165, 1.54) is 0 Å². The summed E-state index contributed by atoms with van der Waals surface area (Å²) in [6, 6.07) is 7.95. The molecule has 0 bridgehead atoms. The minimum absolute atomic E-state index is 0.0124. The standard InChI is InChI=1S/C14H13BrN2O2/c1-16-11-4-3-9(7-12(11)17(2)14(16)18)13(15)10-5-6-19-8-10/h3-8,13H,1-2H3. The molecule has 2 aromatic heterocycles. The van der Waals surface area contributed by atoms with Crippen LogP contribution in [0.15, 0.2) is 46.0 Å². The Labute approximate surface area is 118 Å². The van der Waals surface area contributed by atoms with Gasteiger partial charge in [0.1, 0.15) is 0 Å². The normalized spacial score (nSPS) is 13.0. The summed E-state index contributed by atoms with van der Waals surface area (Å²) in [5, 5.41) is 0. The molecule has 0 aliphatic carbocycles. The Hall–Kier alpha value is -1.75. The molecule has 1 atom stereocenters. The van der Waals surface area contributed by atoms with Gasteiger partial charge in [-0.2, -0.15) is 0 Å². The first-order valence-electron chi connectivity index (χ1n) is 5.91. The smallest absolute Gasteiger partial charge is 0.328 e. The van der Waals surface area contributed by atoms with Crippen molar-refractivity contribution in [2.75, 3.05) is 0 Å². The molecule has 19 heavy (non-hydrogen) atoms. The van der Waals surface area contributed by atoms with Crippen molar-refractivity contribution in [1.29, 1.82) is 0 Å². The second-order valence-electron chi connectivity index (χ2n) is 4.57. The van der Waals surface area contributed by atoms with E-state index in [4.69, 9.17) is 4.42 Å². The van der Waals surface area contributed by atoms with Crippen LogP contribution in [0.3, 0.4) is 0 Å². The first-order valence-corrected chi connectivity index (χ1v) is 6.82. The molecule has 98 valence electrons. The number of furan rings is 1. The lowest BCUT2D eigenvalue weighted by atomic mass is 10.1.